The van der Waals surface area contributed by atoms with E-state index in [1.165, 1.54) is 6.07 Å². The first kappa shape index (κ1) is 25.1. The minimum atomic E-state index is -0.538. The predicted molar refractivity (Wildman–Crippen MR) is 129 cm³/mol. The van der Waals surface area contributed by atoms with E-state index in [1.807, 2.05) is 13.0 Å². The first-order valence-electron chi connectivity index (χ1n) is 10.7. The molecule has 3 rings (SSSR count). The van der Waals surface area contributed by atoms with E-state index in [-0.39, 0.29) is 24.3 Å². The molecule has 1 aromatic heterocycles. The number of benzene rings is 2. The van der Waals surface area contributed by atoms with Crippen LogP contribution in [-0.4, -0.2) is 20.8 Å². The minimum Gasteiger partial charge on any atom is -0.450 e. The SMILES string of the molecule is CCCCC(=O)On1nc(Cc2ccc([N+](=O)[O-])c(Oc3cccc(Br)c3)c2C)cc(C)c1=O. The molecule has 0 aliphatic carbocycles. The summed E-state index contributed by atoms with van der Waals surface area (Å²) in [5.74, 6) is 0.0279. The first-order valence-corrected chi connectivity index (χ1v) is 11.5. The highest BCUT2D eigenvalue weighted by Crippen LogP contribution is 2.37. The Labute approximate surface area is 204 Å². The zero-order valence-electron chi connectivity index (χ0n) is 19.0. The number of nitrogens with zero attached hydrogens (tertiary/aromatic N) is 3. The second-order valence-electron chi connectivity index (χ2n) is 7.75. The molecular formula is C24H24BrN3O6. The number of carbonyl (C=O) groups excluding carboxylic acids is 1. The number of aromatic nitrogens is 2. The zero-order chi connectivity index (χ0) is 24.8. The van der Waals surface area contributed by atoms with E-state index in [2.05, 4.69) is 21.0 Å². The number of ether oxygens (including phenoxy) is 1. The quantitative estimate of drug-likeness (QED) is 0.281. The summed E-state index contributed by atoms with van der Waals surface area (Å²) < 4.78 is 6.68. The molecular weight excluding hydrogens is 506 g/mol. The van der Waals surface area contributed by atoms with Crippen LogP contribution in [-0.2, 0) is 11.2 Å². The van der Waals surface area contributed by atoms with Crippen LogP contribution in [0.1, 0.15) is 48.6 Å². The molecule has 0 bridgehead atoms. The Bertz CT molecular complexity index is 1290. The van der Waals surface area contributed by atoms with E-state index in [0.29, 0.717) is 39.4 Å². The zero-order valence-corrected chi connectivity index (χ0v) is 20.6. The van der Waals surface area contributed by atoms with Gasteiger partial charge in [-0.05, 0) is 54.9 Å². The van der Waals surface area contributed by atoms with Crippen LogP contribution in [0, 0.1) is 24.0 Å². The van der Waals surface area contributed by atoms with E-state index < -0.39 is 16.5 Å². The number of aryl methyl sites for hydroxylation is 1. The Kier molecular flexibility index (Phi) is 8.17. The summed E-state index contributed by atoms with van der Waals surface area (Å²) in [4.78, 5) is 41.3. The maximum atomic E-state index is 12.4. The Morgan fingerprint density at radius 3 is 2.65 bits per heavy atom. The molecule has 0 aliphatic rings. The summed E-state index contributed by atoms with van der Waals surface area (Å²) in [6.07, 6.45) is 1.90. The summed E-state index contributed by atoms with van der Waals surface area (Å²) in [7, 11) is 0. The number of unbranched alkanes of at least 4 members (excludes halogenated alkanes) is 1. The molecule has 0 atom stereocenters. The molecule has 0 unspecified atom stereocenters. The molecule has 1 heterocycles. The van der Waals surface area contributed by atoms with Crippen molar-refractivity contribution in [2.45, 2.75) is 46.5 Å². The standard InChI is InChI=1S/C24H24BrN3O6/c1-4-5-9-22(29)34-27-24(30)15(2)12-19(26-27)13-17-10-11-21(28(31)32)23(16(17)3)33-20-8-6-7-18(25)14-20/h6-8,10-12,14H,4-5,9,13H2,1-3H3. The van der Waals surface area contributed by atoms with Crippen molar-refractivity contribution in [3.8, 4) is 11.5 Å². The van der Waals surface area contributed by atoms with Gasteiger partial charge in [0.2, 0.25) is 5.75 Å². The normalized spacial score (nSPS) is 10.7. The average Bonchev–Trinajstić information content (AvgIpc) is 2.78. The first-order chi connectivity index (χ1) is 16.2. The Morgan fingerprint density at radius 1 is 1.21 bits per heavy atom. The second-order valence-corrected chi connectivity index (χ2v) is 8.67. The van der Waals surface area contributed by atoms with E-state index in [0.717, 1.165) is 10.9 Å². The summed E-state index contributed by atoms with van der Waals surface area (Å²) in [5.41, 5.74) is 1.41. The number of hydrogen-bond donors (Lipinski definition) is 0. The van der Waals surface area contributed by atoms with Gasteiger partial charge >= 0.3 is 17.2 Å². The van der Waals surface area contributed by atoms with Crippen LogP contribution in [0.15, 0.2) is 51.7 Å². The van der Waals surface area contributed by atoms with E-state index in [1.54, 1.807) is 44.2 Å². The molecule has 0 radical (unpaired) electrons. The molecule has 0 spiro atoms. The van der Waals surface area contributed by atoms with Crippen LogP contribution >= 0.6 is 15.9 Å². The molecule has 9 nitrogen and oxygen atoms in total. The molecule has 2 aromatic carbocycles. The Balaban J connectivity index is 1.96. The van der Waals surface area contributed by atoms with Crippen molar-refractivity contribution in [2.24, 2.45) is 0 Å². The van der Waals surface area contributed by atoms with Gasteiger partial charge in [0.1, 0.15) is 5.75 Å². The molecule has 0 saturated heterocycles. The lowest BCUT2D eigenvalue weighted by molar-refractivity contribution is -0.385. The third-order valence-corrected chi connectivity index (χ3v) is 5.61. The number of nitro benzene ring substituents is 1. The van der Waals surface area contributed by atoms with Gasteiger partial charge in [-0.3, -0.25) is 14.9 Å². The largest absolute Gasteiger partial charge is 0.450 e. The number of rotatable bonds is 9. The highest BCUT2D eigenvalue weighted by molar-refractivity contribution is 9.10. The van der Waals surface area contributed by atoms with Crippen molar-refractivity contribution < 1.29 is 19.3 Å². The number of nitro groups is 1. The molecule has 34 heavy (non-hydrogen) atoms. The van der Waals surface area contributed by atoms with E-state index >= 15 is 0 Å². The number of carbonyl (C=O) groups is 1. The molecule has 0 aliphatic heterocycles. The highest BCUT2D eigenvalue weighted by Gasteiger charge is 2.22. The maximum Gasteiger partial charge on any atom is 0.335 e. The van der Waals surface area contributed by atoms with E-state index in [4.69, 9.17) is 9.57 Å². The fourth-order valence-corrected chi connectivity index (χ4v) is 3.67. The molecule has 0 amide bonds. The summed E-state index contributed by atoms with van der Waals surface area (Å²) in [6.45, 7) is 5.28. The lowest BCUT2D eigenvalue weighted by Gasteiger charge is -2.14. The third-order valence-electron chi connectivity index (χ3n) is 5.12. The van der Waals surface area contributed by atoms with Gasteiger partial charge in [-0.1, -0.05) is 41.4 Å². The van der Waals surface area contributed by atoms with Crippen molar-refractivity contribution in [1.29, 1.82) is 0 Å². The highest BCUT2D eigenvalue weighted by atomic mass is 79.9. The van der Waals surface area contributed by atoms with Crippen LogP contribution < -0.4 is 15.1 Å². The van der Waals surface area contributed by atoms with Gasteiger partial charge in [0.05, 0.1) is 10.6 Å². The van der Waals surface area contributed by atoms with Gasteiger partial charge < -0.3 is 9.57 Å². The molecule has 3 aromatic rings. The second kappa shape index (κ2) is 11.1. The predicted octanol–water partition coefficient (Wildman–Crippen LogP) is 5.06. The van der Waals surface area contributed by atoms with Gasteiger partial charge in [-0.15, -0.1) is 5.10 Å². The van der Waals surface area contributed by atoms with Gasteiger partial charge in [-0.25, -0.2) is 4.79 Å². The minimum absolute atomic E-state index is 0.122. The van der Waals surface area contributed by atoms with Crippen LogP contribution in [0.5, 0.6) is 11.5 Å². The van der Waals surface area contributed by atoms with Gasteiger partial charge in [0.25, 0.3) is 0 Å². The smallest absolute Gasteiger partial charge is 0.335 e. The van der Waals surface area contributed by atoms with Crippen molar-refractivity contribution in [3.05, 3.63) is 89.8 Å². The van der Waals surface area contributed by atoms with Crippen LogP contribution in [0.2, 0.25) is 0 Å². The lowest BCUT2D eigenvalue weighted by atomic mass is 10.0. The third kappa shape index (κ3) is 6.07. The molecule has 10 heteroatoms. The average molecular weight is 530 g/mol. The number of halogens is 1. The fourth-order valence-electron chi connectivity index (χ4n) is 3.29. The van der Waals surface area contributed by atoms with Crippen molar-refractivity contribution >= 4 is 27.6 Å². The lowest BCUT2D eigenvalue weighted by Crippen LogP contribution is -2.34. The number of hydrogen-bond acceptors (Lipinski definition) is 7. The monoisotopic (exact) mass is 529 g/mol. The molecule has 0 N–H and O–H groups in total. The van der Waals surface area contributed by atoms with Crippen LogP contribution in [0.4, 0.5) is 5.69 Å². The summed E-state index contributed by atoms with van der Waals surface area (Å²) in [6, 6.07) is 11.6. The summed E-state index contributed by atoms with van der Waals surface area (Å²) in [5, 5.41) is 15.8. The topological polar surface area (TPSA) is 114 Å². The summed E-state index contributed by atoms with van der Waals surface area (Å²) >= 11 is 3.36. The van der Waals surface area contributed by atoms with Crippen molar-refractivity contribution in [1.82, 2.24) is 9.94 Å². The van der Waals surface area contributed by atoms with Crippen molar-refractivity contribution in [3.63, 3.8) is 0 Å². The molecule has 0 saturated carbocycles. The maximum absolute atomic E-state index is 12.4. The van der Waals surface area contributed by atoms with Crippen LogP contribution in [0.3, 0.4) is 0 Å². The Hall–Kier alpha value is -3.53. The van der Waals surface area contributed by atoms with Gasteiger partial charge in [-0.2, -0.15) is 0 Å². The van der Waals surface area contributed by atoms with Crippen molar-refractivity contribution in [2.75, 3.05) is 0 Å². The van der Waals surface area contributed by atoms with Crippen LogP contribution in [0.25, 0.3) is 0 Å². The fraction of sp³-hybridized carbons (Fsp3) is 0.292. The van der Waals surface area contributed by atoms with E-state index in [9.17, 15) is 19.7 Å². The van der Waals surface area contributed by atoms with Gasteiger partial charge in [0.15, 0.2) is 0 Å². The van der Waals surface area contributed by atoms with Gasteiger partial charge in [0, 0.05) is 34.5 Å². The Morgan fingerprint density at radius 2 is 1.97 bits per heavy atom. The molecule has 0 fully saturated rings. The molecule has 178 valence electrons.